The topological polar surface area (TPSA) is 46.2 Å². The van der Waals surface area contributed by atoms with E-state index in [-0.39, 0.29) is 18.5 Å². The molecule has 128 valence electrons. The number of hydrogen-bond acceptors (Lipinski definition) is 2. The highest BCUT2D eigenvalue weighted by molar-refractivity contribution is 5.85. The average molecular weight is 328 g/mol. The first-order valence-electron chi connectivity index (χ1n) is 9.39. The second-order valence-electron chi connectivity index (χ2n) is 9.31. The monoisotopic (exact) mass is 327 g/mol. The fraction of sp³-hybridized carbons (Fsp3) is 1.00. The molecule has 0 aromatic heterocycles. The van der Waals surface area contributed by atoms with Crippen LogP contribution < -0.4 is 5.73 Å². The second kappa shape index (κ2) is 5.63. The Kier molecular flexibility index (Phi) is 4.37. The molecule has 4 saturated carbocycles. The van der Waals surface area contributed by atoms with Crippen LogP contribution in [0.1, 0.15) is 71.6 Å². The van der Waals surface area contributed by atoms with Crippen molar-refractivity contribution in [2.75, 3.05) is 0 Å². The normalized spacial score (nSPS) is 57.3. The number of nitrogens with two attached hydrogens (primary N) is 1. The summed E-state index contributed by atoms with van der Waals surface area (Å²) < 4.78 is 0. The molecule has 4 aliphatic rings. The predicted octanol–water partition coefficient (Wildman–Crippen LogP) is 4.14. The average Bonchev–Trinajstić information content (AvgIpc) is 2.76. The van der Waals surface area contributed by atoms with E-state index in [1.54, 1.807) is 0 Å². The van der Waals surface area contributed by atoms with Gasteiger partial charge in [0.2, 0.25) is 0 Å². The molecule has 3 N–H and O–H groups in total. The Balaban J connectivity index is 0.00000144. The molecule has 0 heterocycles. The van der Waals surface area contributed by atoms with E-state index in [9.17, 15) is 5.11 Å². The molecule has 0 spiro atoms. The van der Waals surface area contributed by atoms with Crippen LogP contribution in [0.15, 0.2) is 0 Å². The fourth-order valence-electron chi connectivity index (χ4n) is 7.28. The molecule has 8 atom stereocenters. The van der Waals surface area contributed by atoms with E-state index in [2.05, 4.69) is 13.8 Å². The zero-order valence-electron chi connectivity index (χ0n) is 14.3. The van der Waals surface area contributed by atoms with E-state index in [0.29, 0.717) is 16.9 Å². The van der Waals surface area contributed by atoms with E-state index in [1.807, 2.05) is 0 Å². The summed E-state index contributed by atoms with van der Waals surface area (Å²) in [5.41, 5.74) is 7.43. The molecule has 4 fully saturated rings. The summed E-state index contributed by atoms with van der Waals surface area (Å²) in [6.45, 7) is 5.06. The quantitative estimate of drug-likeness (QED) is 0.702. The third-order valence-electron chi connectivity index (χ3n) is 8.71. The summed E-state index contributed by atoms with van der Waals surface area (Å²) in [5, 5.41) is 10.1. The standard InChI is InChI=1S/C19H33NO.ClH/c1-18-9-7-13(21)11-12(18)3-4-14-15-5-6-17(20)19(15,2)10-8-16(14)18;/h12-17,21H,3-11,20H2,1-2H3;1H/t12-,13+,14-,15?,16?,17?,18-,19-;/m0./s1. The maximum absolute atomic E-state index is 10.1. The summed E-state index contributed by atoms with van der Waals surface area (Å²) in [4.78, 5) is 0. The molecule has 0 aliphatic heterocycles. The molecule has 22 heavy (non-hydrogen) atoms. The Morgan fingerprint density at radius 2 is 1.55 bits per heavy atom. The molecule has 4 rings (SSSR count). The van der Waals surface area contributed by atoms with E-state index in [0.717, 1.165) is 36.5 Å². The van der Waals surface area contributed by atoms with E-state index < -0.39 is 0 Å². The zero-order valence-corrected chi connectivity index (χ0v) is 15.1. The Morgan fingerprint density at radius 3 is 2.32 bits per heavy atom. The van der Waals surface area contributed by atoms with Gasteiger partial charge in [-0.3, -0.25) is 0 Å². The van der Waals surface area contributed by atoms with Gasteiger partial charge in [-0.2, -0.15) is 0 Å². The van der Waals surface area contributed by atoms with Crippen LogP contribution in [-0.2, 0) is 0 Å². The third-order valence-corrected chi connectivity index (χ3v) is 8.71. The number of fused-ring (bicyclic) bond motifs is 5. The summed E-state index contributed by atoms with van der Waals surface area (Å²) in [6, 6.07) is 0.446. The predicted molar refractivity (Wildman–Crippen MR) is 93.0 cm³/mol. The Labute approximate surface area is 142 Å². The first kappa shape index (κ1) is 17.0. The van der Waals surface area contributed by atoms with Crippen LogP contribution in [0.5, 0.6) is 0 Å². The molecule has 0 aromatic rings. The SMILES string of the molecule is C[C@]12CCC3[C@@H](CC[C@H]4C[C@H](O)CC[C@]34C)C1CCC2N.Cl. The van der Waals surface area contributed by atoms with Gasteiger partial charge >= 0.3 is 0 Å². The van der Waals surface area contributed by atoms with Gasteiger partial charge in [0.05, 0.1) is 6.10 Å². The maximum atomic E-state index is 10.1. The lowest BCUT2D eigenvalue weighted by molar-refractivity contribution is -0.122. The van der Waals surface area contributed by atoms with Crippen LogP contribution in [0.3, 0.4) is 0 Å². The lowest BCUT2D eigenvalue weighted by atomic mass is 9.45. The van der Waals surface area contributed by atoms with Crippen molar-refractivity contribution in [3.63, 3.8) is 0 Å². The molecule has 3 unspecified atom stereocenters. The summed E-state index contributed by atoms with van der Waals surface area (Å²) in [7, 11) is 0. The van der Waals surface area contributed by atoms with Crippen molar-refractivity contribution < 1.29 is 5.11 Å². The minimum atomic E-state index is -0.0200. The highest BCUT2D eigenvalue weighted by Crippen LogP contribution is 2.65. The summed E-state index contributed by atoms with van der Waals surface area (Å²) in [5.74, 6) is 3.50. The van der Waals surface area contributed by atoms with E-state index in [4.69, 9.17) is 5.73 Å². The van der Waals surface area contributed by atoms with Crippen LogP contribution in [0.2, 0.25) is 0 Å². The van der Waals surface area contributed by atoms with Gasteiger partial charge in [-0.25, -0.2) is 0 Å². The molecule has 3 heteroatoms. The molecule has 4 aliphatic carbocycles. The number of hydrogen-bond donors (Lipinski definition) is 2. The molecule has 0 amide bonds. The van der Waals surface area contributed by atoms with Crippen molar-refractivity contribution in [3.05, 3.63) is 0 Å². The maximum Gasteiger partial charge on any atom is 0.0543 e. The van der Waals surface area contributed by atoms with Gasteiger partial charge in [0.1, 0.15) is 0 Å². The Morgan fingerprint density at radius 1 is 0.864 bits per heavy atom. The smallest absolute Gasteiger partial charge is 0.0543 e. The molecule has 0 bridgehead atoms. The van der Waals surface area contributed by atoms with Crippen molar-refractivity contribution in [1.29, 1.82) is 0 Å². The van der Waals surface area contributed by atoms with Crippen molar-refractivity contribution in [3.8, 4) is 0 Å². The molecular weight excluding hydrogens is 294 g/mol. The first-order chi connectivity index (χ1) is 9.95. The Bertz CT molecular complexity index is 430. The molecule has 0 radical (unpaired) electrons. The fourth-order valence-corrected chi connectivity index (χ4v) is 7.28. The zero-order chi connectivity index (χ0) is 14.8. The number of halogens is 1. The van der Waals surface area contributed by atoms with Gasteiger partial charge in [-0.15, -0.1) is 12.4 Å². The number of aliphatic hydroxyl groups excluding tert-OH is 1. The van der Waals surface area contributed by atoms with Gasteiger partial charge in [-0.1, -0.05) is 13.8 Å². The van der Waals surface area contributed by atoms with E-state index >= 15 is 0 Å². The first-order valence-corrected chi connectivity index (χ1v) is 9.39. The molecule has 0 saturated heterocycles. The number of rotatable bonds is 0. The van der Waals surface area contributed by atoms with Crippen LogP contribution in [0.25, 0.3) is 0 Å². The highest BCUT2D eigenvalue weighted by Gasteiger charge is 2.59. The summed E-state index contributed by atoms with van der Waals surface area (Å²) in [6.07, 6.45) is 11.5. The largest absolute Gasteiger partial charge is 0.393 e. The summed E-state index contributed by atoms with van der Waals surface area (Å²) >= 11 is 0. The molecular formula is C19H34ClNO. The minimum absolute atomic E-state index is 0. The van der Waals surface area contributed by atoms with Crippen molar-refractivity contribution in [2.24, 2.45) is 40.2 Å². The number of aliphatic hydroxyl groups is 1. The van der Waals surface area contributed by atoms with Gasteiger partial charge in [0, 0.05) is 6.04 Å². The van der Waals surface area contributed by atoms with Crippen molar-refractivity contribution >= 4 is 12.4 Å². The van der Waals surface area contributed by atoms with Gasteiger partial charge in [0.25, 0.3) is 0 Å². The van der Waals surface area contributed by atoms with Crippen molar-refractivity contribution in [2.45, 2.75) is 83.8 Å². The highest BCUT2D eigenvalue weighted by atomic mass is 35.5. The van der Waals surface area contributed by atoms with Crippen molar-refractivity contribution in [1.82, 2.24) is 0 Å². The van der Waals surface area contributed by atoms with Gasteiger partial charge in [-0.05, 0) is 92.3 Å². The second-order valence-corrected chi connectivity index (χ2v) is 9.31. The van der Waals surface area contributed by atoms with E-state index in [1.165, 1.54) is 44.9 Å². The minimum Gasteiger partial charge on any atom is -0.393 e. The van der Waals surface area contributed by atoms with Gasteiger partial charge in [0.15, 0.2) is 0 Å². The molecule has 0 aromatic carbocycles. The molecule has 2 nitrogen and oxygen atoms in total. The Hall–Kier alpha value is 0.210. The van der Waals surface area contributed by atoms with Crippen LogP contribution in [0, 0.1) is 34.5 Å². The van der Waals surface area contributed by atoms with Crippen LogP contribution in [0.4, 0.5) is 0 Å². The lowest BCUT2D eigenvalue weighted by Gasteiger charge is -2.60. The van der Waals surface area contributed by atoms with Crippen LogP contribution >= 0.6 is 12.4 Å². The van der Waals surface area contributed by atoms with Gasteiger partial charge < -0.3 is 10.8 Å². The third kappa shape index (κ3) is 2.20. The lowest BCUT2D eigenvalue weighted by Crippen LogP contribution is -2.55. The van der Waals surface area contributed by atoms with Crippen LogP contribution in [-0.4, -0.2) is 17.3 Å².